The van der Waals surface area contributed by atoms with Gasteiger partial charge in [0.05, 0.1) is 10.9 Å². The molecule has 1 aromatic heterocycles. The Labute approximate surface area is 195 Å². The minimum atomic E-state index is -2.36. The lowest BCUT2D eigenvalue weighted by Crippen LogP contribution is -2.19. The fraction of sp³-hybridized carbons (Fsp3) is 0.0435. The molecule has 0 saturated heterocycles. The van der Waals surface area contributed by atoms with Crippen molar-refractivity contribution in [3.8, 4) is 22.6 Å². The van der Waals surface area contributed by atoms with E-state index in [4.69, 9.17) is 9.15 Å². The van der Waals surface area contributed by atoms with Gasteiger partial charge in [-0.25, -0.2) is 18.0 Å². The van der Waals surface area contributed by atoms with Gasteiger partial charge in [-0.2, -0.15) is 8.78 Å². The summed E-state index contributed by atoms with van der Waals surface area (Å²) in [6, 6.07) is 10.8. The van der Waals surface area contributed by atoms with Gasteiger partial charge in [-0.1, -0.05) is 28.1 Å². The van der Waals surface area contributed by atoms with Crippen LogP contribution in [0.4, 0.5) is 22.0 Å². The highest BCUT2D eigenvalue weighted by molar-refractivity contribution is 9.10. The minimum Gasteiger partial charge on any atom is -0.476 e. The highest BCUT2D eigenvalue weighted by Gasteiger charge is 2.27. The molecule has 0 atom stereocenters. The topological polar surface area (TPSA) is 65.7 Å². The average molecular weight is 541 g/mol. The van der Waals surface area contributed by atoms with E-state index in [0.717, 1.165) is 4.47 Å². The molecule has 34 heavy (non-hydrogen) atoms. The summed E-state index contributed by atoms with van der Waals surface area (Å²) in [6.45, 7) is -1.16. The zero-order chi connectivity index (χ0) is 24.6. The predicted molar refractivity (Wildman–Crippen MR) is 113 cm³/mol. The number of carbonyl (C=O) groups excluding carboxylic acids is 1. The molecule has 5 nitrogen and oxygen atoms in total. The van der Waals surface area contributed by atoms with Crippen LogP contribution in [0.2, 0.25) is 0 Å². The maximum atomic E-state index is 13.6. The molecule has 0 unspecified atom stereocenters. The number of rotatable bonds is 5. The van der Waals surface area contributed by atoms with Crippen LogP contribution in [0, 0.1) is 29.1 Å². The first-order valence-corrected chi connectivity index (χ1v) is 10.1. The summed E-state index contributed by atoms with van der Waals surface area (Å²) in [7, 11) is 0. The van der Waals surface area contributed by atoms with Crippen LogP contribution >= 0.6 is 15.9 Å². The molecule has 174 valence electrons. The van der Waals surface area contributed by atoms with Gasteiger partial charge in [0, 0.05) is 10.5 Å². The lowest BCUT2D eigenvalue weighted by molar-refractivity contribution is -0.136. The second-order valence-corrected chi connectivity index (χ2v) is 7.72. The van der Waals surface area contributed by atoms with E-state index in [-0.39, 0.29) is 22.1 Å². The number of benzene rings is 3. The number of carbonyl (C=O) groups is 1. The summed E-state index contributed by atoms with van der Waals surface area (Å²) < 4.78 is 82.4. The van der Waals surface area contributed by atoms with Crippen molar-refractivity contribution < 1.29 is 40.6 Å². The fourth-order valence-electron chi connectivity index (χ4n) is 3.00. The molecule has 0 aliphatic heterocycles. The molecule has 0 saturated carbocycles. The maximum absolute atomic E-state index is 13.6. The first-order chi connectivity index (χ1) is 16.2. The Morgan fingerprint density at radius 3 is 2.15 bits per heavy atom. The monoisotopic (exact) mass is 540 g/mol. The molecule has 0 fully saturated rings. The predicted octanol–water partition coefficient (Wildman–Crippen LogP) is 5.90. The van der Waals surface area contributed by atoms with Crippen LogP contribution in [0.1, 0.15) is 0 Å². The van der Waals surface area contributed by atoms with E-state index in [1.807, 2.05) is 0 Å². The highest BCUT2D eigenvalue weighted by atomic mass is 79.9. The first kappa shape index (κ1) is 23.4. The number of halogens is 6. The summed E-state index contributed by atoms with van der Waals surface area (Å²) in [5.41, 5.74) is 0.675. The van der Waals surface area contributed by atoms with Crippen molar-refractivity contribution in [2.24, 2.45) is 0 Å². The molecule has 1 heterocycles. The van der Waals surface area contributed by atoms with Crippen molar-refractivity contribution in [2.75, 3.05) is 6.61 Å². The Morgan fingerprint density at radius 1 is 0.882 bits per heavy atom. The minimum absolute atomic E-state index is 0.0804. The first-order valence-electron chi connectivity index (χ1n) is 9.33. The number of ether oxygens (including phenoxy) is 2. The van der Waals surface area contributed by atoms with Gasteiger partial charge in [0.15, 0.2) is 17.8 Å². The van der Waals surface area contributed by atoms with E-state index in [2.05, 4.69) is 20.7 Å². The third-order valence-electron chi connectivity index (χ3n) is 4.64. The molecule has 0 N–H and O–H groups in total. The molecular formula is C23H10BrF5O5. The van der Waals surface area contributed by atoms with Crippen molar-refractivity contribution in [3.05, 3.63) is 92.5 Å². The number of esters is 1. The molecule has 4 aromatic rings. The molecular weight excluding hydrogens is 531 g/mol. The summed E-state index contributed by atoms with van der Waals surface area (Å²) in [5, 5.41) is 0.192. The van der Waals surface area contributed by atoms with Gasteiger partial charge >= 0.3 is 5.97 Å². The second kappa shape index (κ2) is 9.26. The van der Waals surface area contributed by atoms with E-state index >= 15 is 0 Å². The van der Waals surface area contributed by atoms with Gasteiger partial charge in [-0.3, -0.25) is 4.79 Å². The van der Waals surface area contributed by atoms with Gasteiger partial charge in [0.1, 0.15) is 17.6 Å². The summed E-state index contributed by atoms with van der Waals surface area (Å²) in [6.07, 6.45) is 1.24. The zero-order valence-corrected chi connectivity index (χ0v) is 18.2. The van der Waals surface area contributed by atoms with Crippen LogP contribution in [0.5, 0.6) is 11.5 Å². The van der Waals surface area contributed by atoms with E-state index in [1.165, 1.54) is 24.5 Å². The number of hydrogen-bond acceptors (Lipinski definition) is 5. The van der Waals surface area contributed by atoms with Gasteiger partial charge in [-0.05, 0) is 29.8 Å². The summed E-state index contributed by atoms with van der Waals surface area (Å²) in [4.78, 5) is 24.8. The standard InChI is InChI=1S/C23H10BrF5O5/c24-11-3-1-10(2-4-11)14-8-32-15-7-12(5-6-13(15)22(14)31)34-16(30)9-33-23-20(28)18(26)17(25)19(27)21(23)29/h1-8H,9H2. The van der Waals surface area contributed by atoms with Gasteiger partial charge in [-0.15, -0.1) is 0 Å². The van der Waals surface area contributed by atoms with Crippen molar-refractivity contribution in [2.45, 2.75) is 0 Å². The van der Waals surface area contributed by atoms with Gasteiger partial charge in [0.2, 0.25) is 29.1 Å². The summed E-state index contributed by atoms with van der Waals surface area (Å²) in [5.74, 6) is -14.2. The van der Waals surface area contributed by atoms with Crippen molar-refractivity contribution in [1.82, 2.24) is 0 Å². The molecule has 0 aliphatic rings. The normalized spacial score (nSPS) is 11.0. The highest BCUT2D eigenvalue weighted by Crippen LogP contribution is 2.29. The quantitative estimate of drug-likeness (QED) is 0.104. The Balaban J connectivity index is 1.52. The molecule has 0 spiro atoms. The van der Waals surface area contributed by atoms with Gasteiger partial charge in [0.25, 0.3) is 0 Å². The molecule has 0 bridgehead atoms. The molecule has 3 aromatic carbocycles. The van der Waals surface area contributed by atoms with E-state index < -0.39 is 47.4 Å². The van der Waals surface area contributed by atoms with Crippen molar-refractivity contribution in [3.63, 3.8) is 0 Å². The third kappa shape index (κ3) is 4.38. The lowest BCUT2D eigenvalue weighted by Gasteiger charge is -2.10. The zero-order valence-electron chi connectivity index (χ0n) is 16.6. The fourth-order valence-corrected chi connectivity index (χ4v) is 3.27. The average Bonchev–Trinajstić information content (AvgIpc) is 2.82. The molecule has 4 rings (SSSR count). The third-order valence-corrected chi connectivity index (χ3v) is 5.17. The molecule has 0 aliphatic carbocycles. The van der Waals surface area contributed by atoms with E-state index in [9.17, 15) is 31.5 Å². The second-order valence-electron chi connectivity index (χ2n) is 6.81. The van der Waals surface area contributed by atoms with Crippen LogP contribution in [-0.4, -0.2) is 12.6 Å². The van der Waals surface area contributed by atoms with E-state index in [0.29, 0.717) is 11.1 Å². The molecule has 11 heteroatoms. The Hall–Kier alpha value is -3.73. The van der Waals surface area contributed by atoms with Crippen LogP contribution in [0.25, 0.3) is 22.1 Å². The van der Waals surface area contributed by atoms with Crippen LogP contribution in [0.15, 0.2) is 62.4 Å². The van der Waals surface area contributed by atoms with Gasteiger partial charge < -0.3 is 13.9 Å². The van der Waals surface area contributed by atoms with Crippen LogP contribution < -0.4 is 14.9 Å². The van der Waals surface area contributed by atoms with Crippen LogP contribution in [0.3, 0.4) is 0 Å². The Kier molecular flexibility index (Phi) is 6.38. The molecule has 0 radical (unpaired) electrons. The lowest BCUT2D eigenvalue weighted by atomic mass is 10.1. The SMILES string of the molecule is O=C(COc1c(F)c(F)c(F)c(F)c1F)Oc1ccc2c(=O)c(-c3ccc(Br)cc3)coc2c1. The number of fused-ring (bicyclic) bond motifs is 1. The smallest absolute Gasteiger partial charge is 0.349 e. The molecule has 0 amide bonds. The Bertz CT molecular complexity index is 1460. The van der Waals surface area contributed by atoms with Crippen molar-refractivity contribution in [1.29, 1.82) is 0 Å². The Morgan fingerprint density at radius 2 is 1.50 bits per heavy atom. The summed E-state index contributed by atoms with van der Waals surface area (Å²) >= 11 is 3.31. The number of hydrogen-bond donors (Lipinski definition) is 0. The van der Waals surface area contributed by atoms with Crippen molar-refractivity contribution >= 4 is 32.9 Å². The maximum Gasteiger partial charge on any atom is 0.349 e. The van der Waals surface area contributed by atoms with E-state index in [1.54, 1.807) is 24.3 Å². The van der Waals surface area contributed by atoms with Crippen LogP contribution in [-0.2, 0) is 4.79 Å². The largest absolute Gasteiger partial charge is 0.476 e.